The number of hydrogen-bond donors (Lipinski definition) is 2. The Balaban J connectivity index is 1.35. The normalized spacial score (nSPS) is 18.4. The van der Waals surface area contributed by atoms with Crippen LogP contribution in [0, 0.1) is 5.92 Å². The molecule has 2 aliphatic rings. The zero-order valence-corrected chi connectivity index (χ0v) is 21.5. The van der Waals surface area contributed by atoms with E-state index in [0.29, 0.717) is 42.4 Å². The van der Waals surface area contributed by atoms with Crippen LogP contribution in [0.4, 0.5) is 11.5 Å². The van der Waals surface area contributed by atoms with Crippen LogP contribution in [0.2, 0.25) is 0 Å². The predicted molar refractivity (Wildman–Crippen MR) is 146 cm³/mol. The van der Waals surface area contributed by atoms with Gasteiger partial charge < -0.3 is 20.1 Å². The molecule has 2 aromatic carbocycles. The van der Waals surface area contributed by atoms with Crippen molar-refractivity contribution in [2.24, 2.45) is 5.92 Å². The van der Waals surface area contributed by atoms with Gasteiger partial charge in [0.25, 0.3) is 0 Å². The van der Waals surface area contributed by atoms with Gasteiger partial charge in [0.2, 0.25) is 5.91 Å². The molecule has 2 N–H and O–H groups in total. The summed E-state index contributed by atoms with van der Waals surface area (Å²) < 4.78 is 11.6. The number of carbonyl (C=O) groups excluding carboxylic acids is 1. The maximum atomic E-state index is 12.9. The molecule has 0 radical (unpaired) electrons. The van der Waals surface area contributed by atoms with Crippen molar-refractivity contribution < 1.29 is 14.3 Å². The molecule has 8 heteroatoms. The minimum Gasteiger partial charge on any atom is -0.491 e. The molecule has 8 nitrogen and oxygen atoms in total. The molecule has 1 aliphatic carbocycles. The van der Waals surface area contributed by atoms with Crippen LogP contribution in [0.5, 0.6) is 5.75 Å². The Kier molecular flexibility index (Phi) is 7.96. The van der Waals surface area contributed by atoms with E-state index in [-0.39, 0.29) is 11.9 Å². The molecule has 3 aromatic rings. The fourth-order valence-corrected chi connectivity index (χ4v) is 4.46. The van der Waals surface area contributed by atoms with Crippen LogP contribution in [-0.2, 0) is 9.53 Å². The Morgan fingerprint density at radius 2 is 2.05 bits per heavy atom. The monoisotopic (exact) mass is 501 g/mol. The second-order valence-electron chi connectivity index (χ2n) is 9.97. The van der Waals surface area contributed by atoms with Crippen LogP contribution < -0.4 is 15.4 Å². The lowest BCUT2D eigenvalue weighted by Crippen LogP contribution is -2.32. The first kappa shape index (κ1) is 25.2. The second kappa shape index (κ2) is 11.7. The van der Waals surface area contributed by atoms with Gasteiger partial charge in [0.15, 0.2) is 0 Å². The van der Waals surface area contributed by atoms with Crippen molar-refractivity contribution in [3.8, 4) is 5.75 Å². The summed E-state index contributed by atoms with van der Waals surface area (Å²) in [6, 6.07) is 14.5. The lowest BCUT2D eigenvalue weighted by atomic mass is 10.1. The molecule has 1 unspecified atom stereocenters. The highest BCUT2D eigenvalue weighted by atomic mass is 16.5. The van der Waals surface area contributed by atoms with E-state index < -0.39 is 0 Å². The van der Waals surface area contributed by atoms with Crippen LogP contribution in [0.25, 0.3) is 10.9 Å². The Hall–Kier alpha value is -3.49. The fraction of sp³-hybridized carbons (Fsp3) is 0.414. The topological polar surface area (TPSA) is 88.6 Å². The van der Waals surface area contributed by atoms with Crippen molar-refractivity contribution in [1.29, 1.82) is 0 Å². The van der Waals surface area contributed by atoms with Gasteiger partial charge in [-0.3, -0.25) is 9.69 Å². The van der Waals surface area contributed by atoms with E-state index in [9.17, 15) is 4.79 Å². The summed E-state index contributed by atoms with van der Waals surface area (Å²) in [5.74, 6) is 1.72. The van der Waals surface area contributed by atoms with E-state index in [0.717, 1.165) is 36.1 Å². The number of amides is 1. The summed E-state index contributed by atoms with van der Waals surface area (Å²) in [7, 11) is 2.06. The fourth-order valence-electron chi connectivity index (χ4n) is 4.46. The molecule has 2 atom stereocenters. The number of rotatable bonds is 11. The Morgan fingerprint density at radius 1 is 1.22 bits per heavy atom. The highest BCUT2D eigenvalue weighted by Crippen LogP contribution is 2.36. The van der Waals surface area contributed by atoms with Gasteiger partial charge in [-0.2, -0.15) is 0 Å². The highest BCUT2D eigenvalue weighted by Gasteiger charge is 2.23. The van der Waals surface area contributed by atoms with Crippen LogP contribution in [0.15, 0.2) is 60.9 Å². The highest BCUT2D eigenvalue weighted by molar-refractivity contribution is 6.03. The zero-order valence-electron chi connectivity index (χ0n) is 21.5. The standard InChI is InChI=1S/C29H35N5O3/c1-20(22-7-4-3-5-8-22)32-29-24-15-26(27(37-17-21-10-11-21)16-25(24)30-19-31-29)33-28(35)9-6-13-34(2)23-12-14-36-18-23/h3-9,15-16,19-21,23H,10-14,17-18H2,1-2H3,(H,33,35)(H,30,31,32)/b9-6+/t20-,23?/m1/s1. The van der Waals surface area contributed by atoms with E-state index in [1.54, 1.807) is 12.4 Å². The summed E-state index contributed by atoms with van der Waals surface area (Å²) in [5, 5.41) is 7.35. The average molecular weight is 502 g/mol. The van der Waals surface area contributed by atoms with Gasteiger partial charge in [-0.25, -0.2) is 9.97 Å². The number of aromatic nitrogens is 2. The molecule has 1 saturated carbocycles. The quantitative estimate of drug-likeness (QED) is 0.365. The average Bonchev–Trinajstić information content (AvgIpc) is 3.57. The molecular formula is C29H35N5O3. The van der Waals surface area contributed by atoms with Crippen LogP contribution in [0.1, 0.15) is 37.8 Å². The summed E-state index contributed by atoms with van der Waals surface area (Å²) in [6.07, 6.45) is 8.42. The predicted octanol–water partition coefficient (Wildman–Crippen LogP) is 4.81. The maximum Gasteiger partial charge on any atom is 0.248 e. The third kappa shape index (κ3) is 6.64. The van der Waals surface area contributed by atoms with Gasteiger partial charge >= 0.3 is 0 Å². The molecule has 1 amide bonds. The van der Waals surface area contributed by atoms with Crippen molar-refractivity contribution >= 4 is 28.3 Å². The van der Waals surface area contributed by atoms with E-state index in [1.807, 2.05) is 36.4 Å². The van der Waals surface area contributed by atoms with Crippen molar-refractivity contribution in [2.75, 3.05) is 44.0 Å². The third-order valence-electron chi connectivity index (χ3n) is 7.01. The molecular weight excluding hydrogens is 466 g/mol. The Labute approximate surface area is 218 Å². The van der Waals surface area contributed by atoms with Gasteiger partial charge in [-0.15, -0.1) is 0 Å². The van der Waals surface area contributed by atoms with E-state index >= 15 is 0 Å². The number of fused-ring (bicyclic) bond motifs is 1. The minimum atomic E-state index is -0.198. The summed E-state index contributed by atoms with van der Waals surface area (Å²) in [5.41, 5.74) is 2.54. The largest absolute Gasteiger partial charge is 0.491 e. The Morgan fingerprint density at radius 3 is 2.81 bits per heavy atom. The molecule has 1 aliphatic heterocycles. The number of carbonyl (C=O) groups is 1. The van der Waals surface area contributed by atoms with E-state index in [2.05, 4.69) is 51.6 Å². The summed E-state index contributed by atoms with van der Waals surface area (Å²) in [6.45, 7) is 4.97. The zero-order chi connectivity index (χ0) is 25.6. The number of nitrogens with one attached hydrogen (secondary N) is 2. The number of likely N-dealkylation sites (N-methyl/N-ethyl adjacent to an activating group) is 1. The Bertz CT molecular complexity index is 1240. The molecule has 1 aromatic heterocycles. The first-order chi connectivity index (χ1) is 18.1. The van der Waals surface area contributed by atoms with Gasteiger partial charge in [0.1, 0.15) is 17.9 Å². The van der Waals surface area contributed by atoms with Gasteiger partial charge in [0, 0.05) is 42.8 Å². The smallest absolute Gasteiger partial charge is 0.248 e. The summed E-state index contributed by atoms with van der Waals surface area (Å²) in [4.78, 5) is 24.1. The van der Waals surface area contributed by atoms with Gasteiger partial charge in [-0.1, -0.05) is 36.4 Å². The first-order valence-electron chi connectivity index (χ1n) is 13.1. The first-order valence-corrected chi connectivity index (χ1v) is 13.1. The van der Waals surface area contributed by atoms with E-state index in [4.69, 9.17) is 9.47 Å². The van der Waals surface area contributed by atoms with Crippen LogP contribution >= 0.6 is 0 Å². The number of ether oxygens (including phenoxy) is 2. The van der Waals surface area contributed by atoms with Crippen molar-refractivity contribution in [3.05, 3.63) is 66.5 Å². The molecule has 0 bridgehead atoms. The number of hydrogen-bond acceptors (Lipinski definition) is 7. The molecule has 194 valence electrons. The molecule has 2 heterocycles. The lowest BCUT2D eigenvalue weighted by molar-refractivity contribution is -0.111. The van der Waals surface area contributed by atoms with Crippen molar-refractivity contribution in [2.45, 2.75) is 38.3 Å². The number of anilines is 2. The van der Waals surface area contributed by atoms with Crippen LogP contribution in [0.3, 0.4) is 0 Å². The third-order valence-corrected chi connectivity index (χ3v) is 7.01. The summed E-state index contributed by atoms with van der Waals surface area (Å²) >= 11 is 0. The second-order valence-corrected chi connectivity index (χ2v) is 9.97. The number of benzene rings is 2. The van der Waals surface area contributed by atoms with E-state index in [1.165, 1.54) is 12.8 Å². The molecule has 37 heavy (non-hydrogen) atoms. The van der Waals surface area contributed by atoms with Gasteiger partial charge in [0.05, 0.1) is 24.4 Å². The van der Waals surface area contributed by atoms with Crippen LogP contribution in [-0.4, -0.2) is 60.2 Å². The molecule has 0 spiro atoms. The maximum absolute atomic E-state index is 12.9. The molecule has 2 fully saturated rings. The SMILES string of the molecule is C[C@@H](Nc1ncnc2cc(OCC3CC3)c(NC(=O)/C=C/CN(C)C3CCOC3)cc12)c1ccccc1. The van der Waals surface area contributed by atoms with Crippen molar-refractivity contribution in [3.63, 3.8) is 0 Å². The lowest BCUT2D eigenvalue weighted by Gasteiger charge is -2.20. The van der Waals surface area contributed by atoms with Crippen molar-refractivity contribution in [1.82, 2.24) is 14.9 Å². The van der Waals surface area contributed by atoms with Gasteiger partial charge in [-0.05, 0) is 50.8 Å². The molecule has 5 rings (SSSR count). The molecule has 1 saturated heterocycles. The minimum absolute atomic E-state index is 0.0494. The number of nitrogens with zero attached hydrogens (tertiary/aromatic N) is 3.